The number of nitrogens with zero attached hydrogens (tertiary/aromatic N) is 3. The number of anilines is 2. The van der Waals surface area contributed by atoms with E-state index in [1.807, 2.05) is 49.4 Å². The van der Waals surface area contributed by atoms with E-state index in [2.05, 4.69) is 45.5 Å². The molecule has 3 aromatic rings. The van der Waals surface area contributed by atoms with Crippen molar-refractivity contribution < 1.29 is 14.3 Å². The van der Waals surface area contributed by atoms with Gasteiger partial charge in [0.15, 0.2) is 11.5 Å². The number of fused-ring (bicyclic) bond motifs is 4. The number of rotatable bonds is 6. The molecule has 4 heterocycles. The molecule has 6 nitrogen and oxygen atoms in total. The van der Waals surface area contributed by atoms with Crippen LogP contribution in [0, 0.1) is 0 Å². The van der Waals surface area contributed by atoms with Crippen LogP contribution >= 0.6 is 11.3 Å². The number of benzene rings is 2. The average molecular weight is 504 g/mol. The highest BCUT2D eigenvalue weighted by atomic mass is 32.1. The maximum atomic E-state index is 12.5. The van der Waals surface area contributed by atoms with E-state index >= 15 is 0 Å². The van der Waals surface area contributed by atoms with Crippen LogP contribution in [-0.4, -0.2) is 47.1 Å². The molecular formula is C29H33N3O3S. The fourth-order valence-corrected chi connectivity index (χ4v) is 6.88. The van der Waals surface area contributed by atoms with Gasteiger partial charge < -0.3 is 19.3 Å². The molecule has 188 valence electrons. The van der Waals surface area contributed by atoms with Crippen molar-refractivity contribution in [2.75, 3.05) is 18.0 Å². The molecule has 1 amide bonds. The minimum atomic E-state index is -0.331. The molecule has 36 heavy (non-hydrogen) atoms. The van der Waals surface area contributed by atoms with Gasteiger partial charge in [0, 0.05) is 48.7 Å². The third-order valence-electron chi connectivity index (χ3n) is 7.91. The van der Waals surface area contributed by atoms with E-state index in [4.69, 9.17) is 9.47 Å². The van der Waals surface area contributed by atoms with Crippen LogP contribution in [0.25, 0.3) is 0 Å². The van der Waals surface area contributed by atoms with E-state index in [1.54, 1.807) is 4.90 Å². The molecule has 2 aromatic carbocycles. The largest absolute Gasteiger partial charge is 0.453 e. The van der Waals surface area contributed by atoms with E-state index in [0.29, 0.717) is 37.0 Å². The number of para-hydroxylation sites is 2. The summed E-state index contributed by atoms with van der Waals surface area (Å²) in [5.41, 5.74) is 2.17. The van der Waals surface area contributed by atoms with Crippen molar-refractivity contribution in [2.24, 2.45) is 0 Å². The molecule has 2 saturated heterocycles. The molecule has 0 aliphatic carbocycles. The van der Waals surface area contributed by atoms with Crippen molar-refractivity contribution in [1.82, 2.24) is 9.80 Å². The van der Waals surface area contributed by atoms with Gasteiger partial charge in [-0.2, -0.15) is 0 Å². The summed E-state index contributed by atoms with van der Waals surface area (Å²) < 4.78 is 12.0. The highest BCUT2D eigenvalue weighted by Crippen LogP contribution is 2.51. The molecule has 0 saturated carbocycles. The Hall–Kier alpha value is -3.03. The molecule has 2 unspecified atom stereocenters. The number of hydrogen-bond acceptors (Lipinski definition) is 6. The van der Waals surface area contributed by atoms with Crippen LogP contribution in [0.1, 0.15) is 44.4 Å². The Balaban J connectivity index is 1.28. The maximum Gasteiger partial charge on any atom is 0.415 e. The van der Waals surface area contributed by atoms with E-state index in [9.17, 15) is 4.79 Å². The molecule has 0 N–H and O–H groups in total. The van der Waals surface area contributed by atoms with Crippen molar-refractivity contribution >= 4 is 28.8 Å². The summed E-state index contributed by atoms with van der Waals surface area (Å²) in [4.78, 5) is 20.9. The van der Waals surface area contributed by atoms with Gasteiger partial charge in [-0.1, -0.05) is 18.2 Å². The van der Waals surface area contributed by atoms with Gasteiger partial charge in [-0.3, -0.25) is 4.90 Å². The number of carbonyl (C=O) groups is 1. The predicted octanol–water partition coefficient (Wildman–Crippen LogP) is 7.03. The molecule has 0 radical (unpaired) electrons. The van der Waals surface area contributed by atoms with Crippen LogP contribution in [0.4, 0.5) is 16.2 Å². The van der Waals surface area contributed by atoms with Gasteiger partial charge in [-0.05, 0) is 75.2 Å². The van der Waals surface area contributed by atoms with E-state index < -0.39 is 0 Å². The molecule has 6 rings (SSSR count). The smallest absolute Gasteiger partial charge is 0.415 e. The number of carbonyl (C=O) groups excluding carboxylic acids is 1. The number of ether oxygens (including phenoxy) is 2. The second-order valence-corrected chi connectivity index (χ2v) is 10.9. The van der Waals surface area contributed by atoms with Crippen LogP contribution in [-0.2, 0) is 6.54 Å². The highest BCUT2D eigenvalue weighted by molar-refractivity contribution is 7.09. The first-order valence-corrected chi connectivity index (χ1v) is 14.0. The Labute approximate surface area is 217 Å². The van der Waals surface area contributed by atoms with Gasteiger partial charge in [0.05, 0.1) is 11.4 Å². The fraction of sp³-hybridized carbons (Fsp3) is 0.414. The van der Waals surface area contributed by atoms with E-state index in [0.717, 1.165) is 42.3 Å². The van der Waals surface area contributed by atoms with Crippen LogP contribution in [0.15, 0.2) is 60.0 Å². The molecular weight excluding hydrogens is 470 g/mol. The lowest BCUT2D eigenvalue weighted by Crippen LogP contribution is -2.49. The van der Waals surface area contributed by atoms with Gasteiger partial charge >= 0.3 is 6.09 Å². The standard InChI is InChI=1S/C29H33N3O3S/c1-3-30(4-2)29(33)34-23-13-14-26-28(18-23)35-27-10-6-5-9-25(27)32(26)22-16-20-11-12-21(17-22)31(20)19-24-8-7-15-36-24/h5-10,13-15,18,20-22H,3-4,11-12,16-17,19H2,1-2H3. The summed E-state index contributed by atoms with van der Waals surface area (Å²) in [6.45, 7) is 6.21. The first kappa shape index (κ1) is 23.4. The lowest BCUT2D eigenvalue weighted by Gasteiger charge is -2.45. The zero-order chi connectivity index (χ0) is 24.6. The van der Waals surface area contributed by atoms with Crippen molar-refractivity contribution in [2.45, 2.75) is 64.2 Å². The van der Waals surface area contributed by atoms with Gasteiger partial charge in [0.25, 0.3) is 0 Å². The molecule has 2 bridgehead atoms. The van der Waals surface area contributed by atoms with Crippen LogP contribution in [0.2, 0.25) is 0 Å². The summed E-state index contributed by atoms with van der Waals surface area (Å²) in [6.07, 6.45) is 4.47. The lowest BCUT2D eigenvalue weighted by molar-refractivity contribution is 0.120. The zero-order valence-electron chi connectivity index (χ0n) is 20.9. The van der Waals surface area contributed by atoms with Crippen LogP contribution in [0.3, 0.4) is 0 Å². The van der Waals surface area contributed by atoms with Crippen molar-refractivity contribution in [3.05, 3.63) is 64.9 Å². The van der Waals surface area contributed by atoms with E-state index in [-0.39, 0.29) is 6.09 Å². The number of amides is 1. The lowest BCUT2D eigenvalue weighted by atomic mass is 9.94. The van der Waals surface area contributed by atoms with Gasteiger partial charge in [-0.25, -0.2) is 4.79 Å². The summed E-state index contributed by atoms with van der Waals surface area (Å²) in [5.74, 6) is 2.10. The second-order valence-electron chi connectivity index (χ2n) is 9.87. The Morgan fingerprint density at radius 3 is 2.44 bits per heavy atom. The molecule has 7 heteroatoms. The summed E-state index contributed by atoms with van der Waals surface area (Å²) in [5, 5.41) is 2.18. The Morgan fingerprint density at radius 2 is 1.72 bits per heavy atom. The first-order valence-electron chi connectivity index (χ1n) is 13.1. The monoisotopic (exact) mass is 503 g/mol. The van der Waals surface area contributed by atoms with E-state index in [1.165, 1.54) is 17.7 Å². The number of piperidine rings is 1. The third kappa shape index (κ3) is 4.24. The second kappa shape index (κ2) is 9.79. The summed E-state index contributed by atoms with van der Waals surface area (Å²) in [6, 6.07) is 20.1. The predicted molar refractivity (Wildman–Crippen MR) is 144 cm³/mol. The molecule has 2 atom stereocenters. The van der Waals surface area contributed by atoms with Crippen molar-refractivity contribution in [3.8, 4) is 17.2 Å². The topological polar surface area (TPSA) is 45.3 Å². The molecule has 2 fully saturated rings. The Bertz CT molecular complexity index is 1210. The molecule has 1 aromatic heterocycles. The van der Waals surface area contributed by atoms with Crippen LogP contribution < -0.4 is 14.4 Å². The Kier molecular flexibility index (Phi) is 6.36. The first-order chi connectivity index (χ1) is 17.6. The Morgan fingerprint density at radius 1 is 0.972 bits per heavy atom. The van der Waals surface area contributed by atoms with Gasteiger partial charge in [-0.15, -0.1) is 11.3 Å². The quantitative estimate of drug-likeness (QED) is 0.361. The highest BCUT2D eigenvalue weighted by Gasteiger charge is 2.44. The maximum absolute atomic E-state index is 12.5. The normalized spacial score (nSPS) is 22.5. The third-order valence-corrected chi connectivity index (χ3v) is 8.77. The molecule has 3 aliphatic rings. The fourth-order valence-electron chi connectivity index (χ4n) is 6.17. The minimum absolute atomic E-state index is 0.331. The number of hydrogen-bond donors (Lipinski definition) is 0. The average Bonchev–Trinajstić information content (AvgIpc) is 3.48. The van der Waals surface area contributed by atoms with Crippen molar-refractivity contribution in [3.63, 3.8) is 0 Å². The van der Waals surface area contributed by atoms with Crippen LogP contribution in [0.5, 0.6) is 17.2 Å². The summed E-state index contributed by atoms with van der Waals surface area (Å²) in [7, 11) is 0. The zero-order valence-corrected chi connectivity index (χ0v) is 21.7. The molecule has 0 spiro atoms. The SMILES string of the molecule is CCN(CC)C(=O)Oc1ccc2c(c1)Oc1ccccc1N2C1CC2CCC(C1)N2Cc1cccs1. The van der Waals surface area contributed by atoms with Gasteiger partial charge in [0.1, 0.15) is 5.75 Å². The minimum Gasteiger partial charge on any atom is -0.453 e. The van der Waals surface area contributed by atoms with Crippen molar-refractivity contribution in [1.29, 1.82) is 0 Å². The van der Waals surface area contributed by atoms with Gasteiger partial charge in [0.2, 0.25) is 0 Å². The summed E-state index contributed by atoms with van der Waals surface area (Å²) >= 11 is 1.86. The molecule has 3 aliphatic heterocycles. The number of thiophene rings is 1.